The maximum atomic E-state index is 8.87. The topological polar surface area (TPSA) is 74.1 Å². The van der Waals surface area contributed by atoms with Crippen molar-refractivity contribution in [3.63, 3.8) is 0 Å². The number of nitriles is 1. The summed E-state index contributed by atoms with van der Waals surface area (Å²) in [7, 11) is 0. The molecule has 2 aromatic rings. The van der Waals surface area contributed by atoms with Crippen LogP contribution >= 0.6 is 11.3 Å². The van der Waals surface area contributed by atoms with Crippen LogP contribution in [-0.2, 0) is 24.1 Å². The van der Waals surface area contributed by atoms with Gasteiger partial charge in [-0.05, 0) is 30.7 Å². The Morgan fingerprint density at radius 1 is 1.35 bits per heavy atom. The molecule has 1 aliphatic heterocycles. The molecule has 1 N–H and O–H groups in total. The van der Waals surface area contributed by atoms with Gasteiger partial charge in [-0.15, -0.1) is 11.3 Å². The summed E-state index contributed by atoms with van der Waals surface area (Å²) in [4.78, 5) is 14.7. The fourth-order valence-corrected chi connectivity index (χ4v) is 5.18. The maximum absolute atomic E-state index is 8.87. The quantitative estimate of drug-likeness (QED) is 0.815. The van der Waals surface area contributed by atoms with Gasteiger partial charge in [0.15, 0.2) is 0 Å². The van der Waals surface area contributed by atoms with E-state index >= 15 is 0 Å². The Balaban J connectivity index is 1.68. The first-order valence-electron chi connectivity index (χ1n) is 9.46. The Kier molecular flexibility index (Phi) is 5.34. The third-order valence-corrected chi connectivity index (χ3v) is 6.35. The third kappa shape index (κ3) is 3.68. The molecular formula is C19H25N5OS. The summed E-state index contributed by atoms with van der Waals surface area (Å²) in [6, 6.07) is 2.20. The second-order valence-corrected chi connectivity index (χ2v) is 8.33. The van der Waals surface area contributed by atoms with Gasteiger partial charge in [0, 0.05) is 24.5 Å². The molecule has 0 amide bonds. The summed E-state index contributed by atoms with van der Waals surface area (Å²) in [5, 5.41) is 13.5. The van der Waals surface area contributed by atoms with Crippen molar-refractivity contribution >= 4 is 27.4 Å². The fraction of sp³-hybridized carbons (Fsp3) is 0.632. The van der Waals surface area contributed by atoms with Gasteiger partial charge in [0.1, 0.15) is 16.5 Å². The smallest absolute Gasteiger partial charge is 0.146 e. The molecule has 0 bridgehead atoms. The lowest BCUT2D eigenvalue weighted by Gasteiger charge is -2.25. The normalized spacial score (nSPS) is 20.7. The van der Waals surface area contributed by atoms with Crippen LogP contribution < -0.4 is 5.32 Å². The van der Waals surface area contributed by atoms with Gasteiger partial charge >= 0.3 is 0 Å². The average molecular weight is 372 g/mol. The SMILES string of the molecule is C[C@H]1CCc2c(sc3nc(CN4CCOCC4)nc(NCCC#N)c23)C1. The average Bonchev–Trinajstić information content (AvgIpc) is 3.00. The molecule has 3 heterocycles. The molecule has 0 unspecified atom stereocenters. The second-order valence-electron chi connectivity index (χ2n) is 7.24. The Labute approximate surface area is 158 Å². The predicted molar refractivity (Wildman–Crippen MR) is 103 cm³/mol. The number of hydrogen-bond donors (Lipinski definition) is 1. The molecule has 1 atom stereocenters. The van der Waals surface area contributed by atoms with Gasteiger partial charge in [-0.1, -0.05) is 6.92 Å². The molecule has 1 aliphatic carbocycles. The van der Waals surface area contributed by atoms with Crippen LogP contribution in [0.3, 0.4) is 0 Å². The number of nitrogens with zero attached hydrogens (tertiary/aromatic N) is 4. The van der Waals surface area contributed by atoms with Crippen molar-refractivity contribution in [2.45, 2.75) is 39.2 Å². The minimum absolute atomic E-state index is 0.480. The number of hydrogen-bond acceptors (Lipinski definition) is 7. The van der Waals surface area contributed by atoms with Gasteiger partial charge in [0.25, 0.3) is 0 Å². The summed E-state index contributed by atoms with van der Waals surface area (Å²) in [5.74, 6) is 2.53. The van der Waals surface area contributed by atoms with Crippen LogP contribution in [0.4, 0.5) is 5.82 Å². The Hall–Kier alpha value is -1.75. The Bertz CT molecular complexity index is 821. The van der Waals surface area contributed by atoms with E-state index in [9.17, 15) is 0 Å². The molecule has 0 spiro atoms. The molecule has 26 heavy (non-hydrogen) atoms. The Morgan fingerprint density at radius 3 is 3.00 bits per heavy atom. The highest BCUT2D eigenvalue weighted by atomic mass is 32.1. The molecule has 1 saturated heterocycles. The van der Waals surface area contributed by atoms with Gasteiger partial charge < -0.3 is 10.1 Å². The number of fused-ring (bicyclic) bond motifs is 3. The zero-order chi connectivity index (χ0) is 17.9. The van der Waals surface area contributed by atoms with Crippen LogP contribution in [0, 0.1) is 17.2 Å². The molecule has 138 valence electrons. The zero-order valence-electron chi connectivity index (χ0n) is 15.3. The van der Waals surface area contributed by atoms with Gasteiger partial charge in [-0.3, -0.25) is 4.90 Å². The van der Waals surface area contributed by atoms with E-state index in [0.717, 1.165) is 68.1 Å². The standard InChI is InChI=1S/C19H25N5OS/c1-13-3-4-14-15(11-13)26-19-17(14)18(21-6-2-5-20)22-16(23-19)12-24-7-9-25-10-8-24/h13H,2-4,6-12H2,1H3,(H,21,22,23)/t13-/m0/s1. The molecule has 2 aliphatic rings. The molecule has 6 nitrogen and oxygen atoms in total. The number of ether oxygens (including phenoxy) is 1. The van der Waals surface area contributed by atoms with Crippen molar-refractivity contribution in [2.75, 3.05) is 38.2 Å². The lowest BCUT2D eigenvalue weighted by atomic mass is 9.89. The Morgan fingerprint density at radius 2 is 2.19 bits per heavy atom. The van der Waals surface area contributed by atoms with Crippen molar-refractivity contribution in [3.8, 4) is 6.07 Å². The van der Waals surface area contributed by atoms with Gasteiger partial charge in [0.2, 0.25) is 0 Å². The molecular weight excluding hydrogens is 346 g/mol. The monoisotopic (exact) mass is 371 g/mol. The van der Waals surface area contributed by atoms with Gasteiger partial charge in [-0.25, -0.2) is 9.97 Å². The summed E-state index contributed by atoms with van der Waals surface area (Å²) < 4.78 is 5.44. The molecule has 4 rings (SSSR count). The largest absolute Gasteiger partial charge is 0.379 e. The first kappa shape index (κ1) is 17.7. The summed E-state index contributed by atoms with van der Waals surface area (Å²) >= 11 is 1.83. The van der Waals surface area contributed by atoms with E-state index in [-0.39, 0.29) is 0 Å². The fourth-order valence-electron chi connectivity index (χ4n) is 3.78. The van der Waals surface area contributed by atoms with E-state index in [1.165, 1.54) is 22.2 Å². The number of morpholine rings is 1. The minimum atomic E-state index is 0.480. The zero-order valence-corrected chi connectivity index (χ0v) is 16.1. The van der Waals surface area contributed by atoms with E-state index in [0.29, 0.717) is 13.0 Å². The summed E-state index contributed by atoms with van der Waals surface area (Å²) in [6.45, 7) is 7.12. The molecule has 0 saturated carbocycles. The number of rotatable bonds is 5. The van der Waals surface area contributed by atoms with Gasteiger partial charge in [-0.2, -0.15) is 5.26 Å². The van der Waals surface area contributed by atoms with Crippen LogP contribution in [0.15, 0.2) is 0 Å². The van der Waals surface area contributed by atoms with Crippen molar-refractivity contribution in [1.82, 2.24) is 14.9 Å². The van der Waals surface area contributed by atoms with Crippen LogP contribution in [0.1, 0.15) is 36.0 Å². The lowest BCUT2D eigenvalue weighted by molar-refractivity contribution is 0.0331. The lowest BCUT2D eigenvalue weighted by Crippen LogP contribution is -2.36. The van der Waals surface area contributed by atoms with Crippen molar-refractivity contribution in [1.29, 1.82) is 5.26 Å². The first-order valence-corrected chi connectivity index (χ1v) is 10.3. The molecule has 0 radical (unpaired) electrons. The summed E-state index contributed by atoms with van der Waals surface area (Å²) in [5.41, 5.74) is 1.43. The highest BCUT2D eigenvalue weighted by Gasteiger charge is 2.24. The van der Waals surface area contributed by atoms with Crippen molar-refractivity contribution < 1.29 is 4.74 Å². The molecule has 2 aromatic heterocycles. The van der Waals surface area contributed by atoms with Crippen LogP contribution in [-0.4, -0.2) is 47.7 Å². The predicted octanol–water partition coefficient (Wildman–Crippen LogP) is 2.97. The minimum Gasteiger partial charge on any atom is -0.379 e. The van der Waals surface area contributed by atoms with Crippen molar-refractivity contribution in [3.05, 3.63) is 16.3 Å². The molecule has 0 aromatic carbocycles. The van der Waals surface area contributed by atoms with Crippen molar-refractivity contribution in [2.24, 2.45) is 5.92 Å². The van der Waals surface area contributed by atoms with E-state index in [1.54, 1.807) is 0 Å². The number of thiophene rings is 1. The van der Waals surface area contributed by atoms with E-state index < -0.39 is 0 Å². The highest BCUT2D eigenvalue weighted by molar-refractivity contribution is 7.19. The maximum Gasteiger partial charge on any atom is 0.146 e. The number of aromatic nitrogens is 2. The van der Waals surface area contributed by atoms with Crippen LogP contribution in [0.25, 0.3) is 10.2 Å². The number of anilines is 1. The summed E-state index contributed by atoms with van der Waals surface area (Å²) in [6.07, 6.45) is 3.96. The van der Waals surface area contributed by atoms with E-state index in [1.807, 2.05) is 11.3 Å². The highest BCUT2D eigenvalue weighted by Crippen LogP contribution is 2.40. The number of nitrogens with one attached hydrogen (secondary N) is 1. The van der Waals surface area contributed by atoms with E-state index in [2.05, 4.69) is 23.2 Å². The number of aryl methyl sites for hydroxylation is 1. The van der Waals surface area contributed by atoms with Crippen LogP contribution in [0.2, 0.25) is 0 Å². The molecule has 7 heteroatoms. The second kappa shape index (κ2) is 7.87. The molecule has 1 fully saturated rings. The van der Waals surface area contributed by atoms with Crippen LogP contribution in [0.5, 0.6) is 0 Å². The van der Waals surface area contributed by atoms with E-state index in [4.69, 9.17) is 20.0 Å². The first-order chi connectivity index (χ1) is 12.7. The van der Waals surface area contributed by atoms with Gasteiger partial charge in [0.05, 0.1) is 37.6 Å². The third-order valence-electron chi connectivity index (χ3n) is 5.20.